The molecule has 0 spiro atoms. The fourth-order valence-corrected chi connectivity index (χ4v) is 2.34. The average molecular weight is 229 g/mol. The Labute approximate surface area is 97.2 Å². The first kappa shape index (κ1) is 13.5. The van der Waals surface area contributed by atoms with Crippen LogP contribution in [0.4, 0.5) is 0 Å². The minimum absolute atomic E-state index is 0.284. The van der Waals surface area contributed by atoms with Gasteiger partial charge in [0.2, 0.25) is 0 Å². The third kappa shape index (κ3) is 4.10. The van der Waals surface area contributed by atoms with Crippen LogP contribution in [0.25, 0.3) is 0 Å². The quantitative estimate of drug-likeness (QED) is 0.695. The molecular formula is C12H23NO3. The average Bonchev–Trinajstić information content (AvgIpc) is 2.29. The van der Waals surface area contributed by atoms with Gasteiger partial charge in [-0.3, -0.25) is 0 Å². The summed E-state index contributed by atoms with van der Waals surface area (Å²) >= 11 is 0. The maximum absolute atomic E-state index is 11.3. The van der Waals surface area contributed by atoms with Crippen molar-refractivity contribution in [3.63, 3.8) is 0 Å². The van der Waals surface area contributed by atoms with Crippen LogP contribution in [-0.4, -0.2) is 29.8 Å². The van der Waals surface area contributed by atoms with Gasteiger partial charge in [0.05, 0.1) is 6.61 Å². The highest BCUT2D eigenvalue weighted by molar-refractivity contribution is 5.75. The highest BCUT2D eigenvalue weighted by Gasteiger charge is 2.27. The number of esters is 1. The molecule has 1 aliphatic rings. The monoisotopic (exact) mass is 229 g/mol. The molecule has 0 aromatic carbocycles. The number of carbonyl (C=O) groups excluding carboxylic acids is 1. The van der Waals surface area contributed by atoms with E-state index in [9.17, 15) is 9.90 Å². The molecule has 0 aromatic heterocycles. The van der Waals surface area contributed by atoms with Gasteiger partial charge in [0, 0.05) is 6.04 Å². The van der Waals surface area contributed by atoms with Crippen molar-refractivity contribution in [2.24, 2.45) is 11.7 Å². The lowest BCUT2D eigenvalue weighted by Crippen LogP contribution is -2.42. The van der Waals surface area contributed by atoms with Crippen LogP contribution in [-0.2, 0) is 9.53 Å². The number of hydrogen-bond donors (Lipinski definition) is 2. The summed E-state index contributed by atoms with van der Waals surface area (Å²) in [6.45, 7) is 2.00. The van der Waals surface area contributed by atoms with E-state index in [1.807, 2.05) is 0 Å². The SMILES string of the molecule is CCOC(=O)C(O)C(N)CC1CCCCC1. The molecule has 2 atom stereocenters. The van der Waals surface area contributed by atoms with Crippen molar-refractivity contribution in [3.8, 4) is 0 Å². The van der Waals surface area contributed by atoms with E-state index in [4.69, 9.17) is 10.5 Å². The molecule has 0 aromatic rings. The second-order valence-electron chi connectivity index (χ2n) is 4.60. The summed E-state index contributed by atoms with van der Waals surface area (Å²) in [5, 5.41) is 9.65. The molecule has 1 rings (SSSR count). The number of carbonyl (C=O) groups is 1. The molecule has 0 radical (unpaired) electrons. The Morgan fingerprint density at radius 2 is 2.06 bits per heavy atom. The van der Waals surface area contributed by atoms with Gasteiger partial charge < -0.3 is 15.6 Å². The maximum atomic E-state index is 11.3. The van der Waals surface area contributed by atoms with Crippen molar-refractivity contribution in [3.05, 3.63) is 0 Å². The summed E-state index contributed by atoms with van der Waals surface area (Å²) in [5.41, 5.74) is 5.83. The van der Waals surface area contributed by atoms with Gasteiger partial charge >= 0.3 is 5.97 Å². The van der Waals surface area contributed by atoms with Crippen LogP contribution in [0.2, 0.25) is 0 Å². The van der Waals surface area contributed by atoms with E-state index in [1.54, 1.807) is 6.92 Å². The summed E-state index contributed by atoms with van der Waals surface area (Å²) in [7, 11) is 0. The number of aliphatic hydroxyl groups excluding tert-OH is 1. The Bertz CT molecular complexity index is 214. The second-order valence-corrected chi connectivity index (χ2v) is 4.60. The molecule has 1 saturated carbocycles. The first-order valence-electron chi connectivity index (χ1n) is 6.25. The number of hydrogen-bond acceptors (Lipinski definition) is 4. The molecular weight excluding hydrogens is 206 g/mol. The summed E-state index contributed by atoms with van der Waals surface area (Å²) in [6.07, 6.45) is 5.68. The largest absolute Gasteiger partial charge is 0.464 e. The maximum Gasteiger partial charge on any atom is 0.336 e. The second kappa shape index (κ2) is 6.86. The van der Waals surface area contributed by atoms with E-state index in [1.165, 1.54) is 32.1 Å². The fraction of sp³-hybridized carbons (Fsp3) is 0.917. The lowest BCUT2D eigenvalue weighted by atomic mass is 9.84. The van der Waals surface area contributed by atoms with Gasteiger partial charge in [0.15, 0.2) is 6.10 Å². The summed E-state index contributed by atoms with van der Waals surface area (Å²) in [5.74, 6) is -0.0290. The minimum atomic E-state index is -1.16. The smallest absolute Gasteiger partial charge is 0.336 e. The first-order chi connectivity index (χ1) is 7.65. The molecule has 1 fully saturated rings. The molecule has 0 saturated heterocycles. The molecule has 16 heavy (non-hydrogen) atoms. The molecule has 1 aliphatic carbocycles. The van der Waals surface area contributed by atoms with Crippen LogP contribution >= 0.6 is 0 Å². The third-order valence-electron chi connectivity index (χ3n) is 3.26. The van der Waals surface area contributed by atoms with Gasteiger partial charge in [0.25, 0.3) is 0 Å². The Morgan fingerprint density at radius 3 is 2.62 bits per heavy atom. The minimum Gasteiger partial charge on any atom is -0.464 e. The van der Waals surface area contributed by atoms with E-state index in [0.29, 0.717) is 5.92 Å². The van der Waals surface area contributed by atoms with Crippen molar-refractivity contribution in [1.82, 2.24) is 0 Å². The highest BCUT2D eigenvalue weighted by atomic mass is 16.5. The topological polar surface area (TPSA) is 72.5 Å². The van der Waals surface area contributed by atoms with Crippen LogP contribution in [0.5, 0.6) is 0 Å². The number of rotatable bonds is 5. The third-order valence-corrected chi connectivity index (χ3v) is 3.26. The molecule has 0 heterocycles. The Morgan fingerprint density at radius 1 is 1.44 bits per heavy atom. The van der Waals surface area contributed by atoms with E-state index in [-0.39, 0.29) is 6.61 Å². The van der Waals surface area contributed by atoms with E-state index < -0.39 is 18.1 Å². The number of aliphatic hydroxyl groups is 1. The zero-order valence-corrected chi connectivity index (χ0v) is 10.0. The summed E-state index contributed by atoms with van der Waals surface area (Å²) < 4.78 is 4.75. The van der Waals surface area contributed by atoms with Gasteiger partial charge in [-0.25, -0.2) is 4.79 Å². The number of nitrogens with two attached hydrogens (primary N) is 1. The molecule has 4 nitrogen and oxygen atoms in total. The molecule has 0 aliphatic heterocycles. The van der Waals surface area contributed by atoms with Gasteiger partial charge in [-0.05, 0) is 19.3 Å². The summed E-state index contributed by atoms with van der Waals surface area (Å²) in [6, 6.07) is -0.484. The van der Waals surface area contributed by atoms with Gasteiger partial charge in [-0.1, -0.05) is 32.1 Å². The van der Waals surface area contributed by atoms with Gasteiger partial charge in [-0.15, -0.1) is 0 Å². The van der Waals surface area contributed by atoms with Gasteiger partial charge in [-0.2, -0.15) is 0 Å². The Balaban J connectivity index is 2.32. The van der Waals surface area contributed by atoms with Crippen molar-refractivity contribution in [2.75, 3.05) is 6.61 Å². The van der Waals surface area contributed by atoms with Crippen LogP contribution in [0, 0.1) is 5.92 Å². The van der Waals surface area contributed by atoms with Crippen molar-refractivity contribution < 1.29 is 14.6 Å². The summed E-state index contributed by atoms with van der Waals surface area (Å²) in [4.78, 5) is 11.3. The van der Waals surface area contributed by atoms with E-state index in [0.717, 1.165) is 6.42 Å². The van der Waals surface area contributed by atoms with E-state index in [2.05, 4.69) is 0 Å². The van der Waals surface area contributed by atoms with Crippen molar-refractivity contribution >= 4 is 5.97 Å². The molecule has 4 heteroatoms. The van der Waals surface area contributed by atoms with Gasteiger partial charge in [0.1, 0.15) is 0 Å². The van der Waals surface area contributed by atoms with E-state index >= 15 is 0 Å². The normalized spacial score (nSPS) is 21.4. The molecule has 3 N–H and O–H groups in total. The zero-order valence-electron chi connectivity index (χ0n) is 10.0. The van der Waals surface area contributed by atoms with Crippen LogP contribution < -0.4 is 5.73 Å². The lowest BCUT2D eigenvalue weighted by Gasteiger charge is -2.26. The standard InChI is InChI=1S/C12H23NO3/c1-2-16-12(15)11(14)10(13)8-9-6-4-3-5-7-9/h9-11,14H,2-8,13H2,1H3. The Kier molecular flexibility index (Phi) is 5.77. The fourth-order valence-electron chi connectivity index (χ4n) is 2.34. The zero-order chi connectivity index (χ0) is 12.0. The highest BCUT2D eigenvalue weighted by Crippen LogP contribution is 2.27. The molecule has 0 amide bonds. The predicted octanol–water partition coefficient (Wildman–Crippen LogP) is 1.21. The first-order valence-corrected chi connectivity index (χ1v) is 6.25. The van der Waals surface area contributed by atoms with Crippen LogP contribution in [0.15, 0.2) is 0 Å². The molecule has 0 bridgehead atoms. The predicted molar refractivity (Wildman–Crippen MR) is 61.8 cm³/mol. The molecule has 2 unspecified atom stereocenters. The lowest BCUT2D eigenvalue weighted by molar-refractivity contribution is -0.154. The van der Waals surface area contributed by atoms with Crippen molar-refractivity contribution in [2.45, 2.75) is 57.6 Å². The number of ether oxygens (including phenoxy) is 1. The van der Waals surface area contributed by atoms with Crippen LogP contribution in [0.3, 0.4) is 0 Å². The van der Waals surface area contributed by atoms with Crippen LogP contribution in [0.1, 0.15) is 45.4 Å². The molecule has 94 valence electrons. The Hall–Kier alpha value is -0.610. The van der Waals surface area contributed by atoms with Crippen molar-refractivity contribution in [1.29, 1.82) is 0 Å².